The van der Waals surface area contributed by atoms with Gasteiger partial charge >= 0.3 is 5.97 Å². The Hall–Kier alpha value is -1.77. The van der Waals surface area contributed by atoms with E-state index in [1.807, 2.05) is 24.3 Å². The summed E-state index contributed by atoms with van der Waals surface area (Å²) in [4.78, 5) is 10.9. The Balaban J connectivity index is 2.69. The van der Waals surface area contributed by atoms with Crippen LogP contribution in [0.2, 0.25) is 0 Å². The van der Waals surface area contributed by atoms with Crippen LogP contribution in [0, 0.1) is 5.92 Å². The van der Waals surface area contributed by atoms with Gasteiger partial charge < -0.3 is 9.84 Å². The van der Waals surface area contributed by atoms with E-state index in [2.05, 4.69) is 6.58 Å². The number of ether oxygens (including phenoxy) is 1. The number of benzene rings is 1. The normalized spacial score (nSPS) is 11.8. The van der Waals surface area contributed by atoms with Crippen molar-refractivity contribution in [1.82, 2.24) is 0 Å². The molecule has 1 aromatic rings. The van der Waals surface area contributed by atoms with Crippen LogP contribution in [0.4, 0.5) is 0 Å². The van der Waals surface area contributed by atoms with Crippen molar-refractivity contribution < 1.29 is 14.6 Å². The summed E-state index contributed by atoms with van der Waals surface area (Å²) in [5, 5.41) is 8.99. The third kappa shape index (κ3) is 3.42. The Morgan fingerprint density at radius 2 is 2.12 bits per heavy atom. The standard InChI is InChI=1S/C13H16O3/c1-3-4-11(13(14)15)9-10-5-7-12(16-2)8-6-10/h3,5-8,11H,1,4,9H2,2H3,(H,14,15). The molecule has 1 aromatic carbocycles. The first kappa shape index (κ1) is 12.3. The number of allylic oxidation sites excluding steroid dienone is 1. The minimum atomic E-state index is -0.782. The van der Waals surface area contributed by atoms with Crippen molar-refractivity contribution in [2.45, 2.75) is 12.8 Å². The second-order valence-corrected chi connectivity index (χ2v) is 3.61. The van der Waals surface area contributed by atoms with Crippen LogP contribution in [0.3, 0.4) is 0 Å². The third-order valence-electron chi connectivity index (χ3n) is 2.44. The molecule has 86 valence electrons. The lowest BCUT2D eigenvalue weighted by molar-refractivity contribution is -0.141. The van der Waals surface area contributed by atoms with E-state index in [-0.39, 0.29) is 0 Å². The van der Waals surface area contributed by atoms with E-state index in [4.69, 9.17) is 9.84 Å². The van der Waals surface area contributed by atoms with E-state index >= 15 is 0 Å². The maximum absolute atomic E-state index is 10.9. The number of hydrogen-bond donors (Lipinski definition) is 1. The quantitative estimate of drug-likeness (QED) is 0.749. The number of hydrogen-bond acceptors (Lipinski definition) is 2. The Bertz CT molecular complexity index is 354. The monoisotopic (exact) mass is 220 g/mol. The van der Waals surface area contributed by atoms with Gasteiger partial charge in [0.05, 0.1) is 13.0 Å². The lowest BCUT2D eigenvalue weighted by atomic mass is 9.96. The van der Waals surface area contributed by atoms with Gasteiger partial charge in [0.1, 0.15) is 5.75 Å². The van der Waals surface area contributed by atoms with Crippen molar-refractivity contribution in [3.8, 4) is 5.75 Å². The van der Waals surface area contributed by atoms with Gasteiger partial charge in [-0.15, -0.1) is 6.58 Å². The molecule has 1 N–H and O–H groups in total. The summed E-state index contributed by atoms with van der Waals surface area (Å²) >= 11 is 0. The fraction of sp³-hybridized carbons (Fsp3) is 0.308. The van der Waals surface area contributed by atoms with Gasteiger partial charge in [0, 0.05) is 0 Å². The van der Waals surface area contributed by atoms with Crippen LogP contribution in [-0.4, -0.2) is 18.2 Å². The SMILES string of the molecule is C=CCC(Cc1ccc(OC)cc1)C(=O)O. The molecule has 0 radical (unpaired) electrons. The van der Waals surface area contributed by atoms with E-state index < -0.39 is 11.9 Å². The second kappa shape index (κ2) is 5.95. The maximum Gasteiger partial charge on any atom is 0.307 e. The van der Waals surface area contributed by atoms with Gasteiger partial charge in [-0.1, -0.05) is 18.2 Å². The summed E-state index contributed by atoms with van der Waals surface area (Å²) in [7, 11) is 1.60. The van der Waals surface area contributed by atoms with Gasteiger partial charge in [-0.25, -0.2) is 0 Å². The average Bonchev–Trinajstić information content (AvgIpc) is 2.29. The van der Waals surface area contributed by atoms with Crippen molar-refractivity contribution in [2.24, 2.45) is 5.92 Å². The van der Waals surface area contributed by atoms with E-state index in [1.165, 1.54) is 0 Å². The zero-order valence-corrected chi connectivity index (χ0v) is 9.35. The molecule has 0 aromatic heterocycles. The smallest absolute Gasteiger partial charge is 0.307 e. The number of carboxylic acids is 1. The average molecular weight is 220 g/mol. The minimum Gasteiger partial charge on any atom is -0.497 e. The fourth-order valence-corrected chi connectivity index (χ4v) is 1.52. The lowest BCUT2D eigenvalue weighted by Gasteiger charge is -2.10. The molecule has 0 saturated heterocycles. The molecule has 3 heteroatoms. The number of carbonyl (C=O) groups is 1. The van der Waals surface area contributed by atoms with Crippen LogP contribution in [0.5, 0.6) is 5.75 Å². The van der Waals surface area contributed by atoms with Gasteiger partial charge in [-0.3, -0.25) is 4.79 Å². The Morgan fingerprint density at radius 1 is 1.50 bits per heavy atom. The molecule has 0 aliphatic heterocycles. The fourth-order valence-electron chi connectivity index (χ4n) is 1.52. The highest BCUT2D eigenvalue weighted by atomic mass is 16.5. The lowest BCUT2D eigenvalue weighted by Crippen LogP contribution is -2.15. The summed E-state index contributed by atoms with van der Waals surface area (Å²) in [5.74, 6) is -0.402. The topological polar surface area (TPSA) is 46.5 Å². The van der Waals surface area contributed by atoms with Crippen molar-refractivity contribution in [3.05, 3.63) is 42.5 Å². The molecule has 0 heterocycles. The van der Waals surface area contributed by atoms with Crippen LogP contribution in [0.15, 0.2) is 36.9 Å². The summed E-state index contributed by atoms with van der Waals surface area (Å²) in [6.07, 6.45) is 2.65. The molecular formula is C13H16O3. The van der Waals surface area contributed by atoms with E-state index in [0.29, 0.717) is 12.8 Å². The van der Waals surface area contributed by atoms with Crippen LogP contribution in [-0.2, 0) is 11.2 Å². The van der Waals surface area contributed by atoms with Crippen LogP contribution < -0.4 is 4.74 Å². The largest absolute Gasteiger partial charge is 0.497 e. The van der Waals surface area contributed by atoms with E-state index in [1.54, 1.807) is 13.2 Å². The molecule has 3 nitrogen and oxygen atoms in total. The number of aliphatic carboxylic acids is 1. The van der Waals surface area contributed by atoms with Crippen molar-refractivity contribution >= 4 is 5.97 Å². The highest BCUT2D eigenvalue weighted by Gasteiger charge is 2.15. The van der Waals surface area contributed by atoms with Crippen LogP contribution >= 0.6 is 0 Å². The van der Waals surface area contributed by atoms with Gasteiger partial charge in [0.2, 0.25) is 0 Å². The summed E-state index contributed by atoms with van der Waals surface area (Å²) in [5.41, 5.74) is 0.995. The Kier molecular flexibility index (Phi) is 4.58. The number of rotatable bonds is 6. The molecule has 1 rings (SSSR count). The van der Waals surface area contributed by atoms with Crippen LogP contribution in [0.25, 0.3) is 0 Å². The van der Waals surface area contributed by atoms with Crippen molar-refractivity contribution in [1.29, 1.82) is 0 Å². The third-order valence-corrected chi connectivity index (χ3v) is 2.44. The number of methoxy groups -OCH3 is 1. The molecule has 1 unspecified atom stereocenters. The van der Waals surface area contributed by atoms with Gasteiger partial charge in [-0.2, -0.15) is 0 Å². The molecule has 0 amide bonds. The molecule has 0 aliphatic rings. The van der Waals surface area contributed by atoms with Gasteiger partial charge in [0.15, 0.2) is 0 Å². The van der Waals surface area contributed by atoms with Crippen LogP contribution in [0.1, 0.15) is 12.0 Å². The molecule has 0 spiro atoms. The summed E-state index contributed by atoms with van der Waals surface area (Å²) in [6.45, 7) is 3.57. The predicted molar refractivity (Wildman–Crippen MR) is 62.6 cm³/mol. The highest BCUT2D eigenvalue weighted by Crippen LogP contribution is 2.16. The number of carboxylic acid groups (broad SMARTS) is 1. The van der Waals surface area contributed by atoms with Crippen molar-refractivity contribution in [3.63, 3.8) is 0 Å². The molecular weight excluding hydrogens is 204 g/mol. The van der Waals surface area contributed by atoms with Crippen molar-refractivity contribution in [2.75, 3.05) is 7.11 Å². The Morgan fingerprint density at radius 3 is 2.56 bits per heavy atom. The molecule has 0 aliphatic carbocycles. The van der Waals surface area contributed by atoms with E-state index in [9.17, 15) is 4.79 Å². The summed E-state index contributed by atoms with van der Waals surface area (Å²) in [6, 6.07) is 7.44. The molecule has 0 saturated carbocycles. The molecule has 16 heavy (non-hydrogen) atoms. The zero-order chi connectivity index (χ0) is 12.0. The molecule has 0 bridgehead atoms. The van der Waals surface area contributed by atoms with Gasteiger partial charge in [-0.05, 0) is 30.5 Å². The molecule has 1 atom stereocenters. The molecule has 0 fully saturated rings. The first-order chi connectivity index (χ1) is 7.67. The highest BCUT2D eigenvalue weighted by molar-refractivity contribution is 5.70. The minimum absolute atomic E-state index is 0.397. The predicted octanol–water partition coefficient (Wildman–Crippen LogP) is 2.51. The first-order valence-corrected chi connectivity index (χ1v) is 5.14. The second-order valence-electron chi connectivity index (χ2n) is 3.61. The van der Waals surface area contributed by atoms with E-state index in [0.717, 1.165) is 11.3 Å². The maximum atomic E-state index is 10.9. The Labute approximate surface area is 95.4 Å². The van der Waals surface area contributed by atoms with Gasteiger partial charge in [0.25, 0.3) is 0 Å². The summed E-state index contributed by atoms with van der Waals surface area (Å²) < 4.78 is 5.04. The first-order valence-electron chi connectivity index (χ1n) is 5.14. The zero-order valence-electron chi connectivity index (χ0n) is 9.35.